The number of halogens is 1. The predicted molar refractivity (Wildman–Crippen MR) is 107 cm³/mol. The highest BCUT2D eigenvalue weighted by Crippen LogP contribution is 2.29. The number of rotatable bonds is 4. The standard InChI is InChI=1S/C21H21FN6O3/c1-13-19(31-12-23-13)21(30)28-9-15(22)8-16(28)10-26-11-17(24-25-26)20(29)27-7-6-14-4-2-3-5-18(14)27/h2-5,11-12,15-16H,6-10H2,1H3. The number of carbonyl (C=O) groups is 2. The Kier molecular flexibility index (Phi) is 4.76. The largest absolute Gasteiger partial charge is 0.438 e. The molecule has 31 heavy (non-hydrogen) atoms. The normalized spacial score (nSPS) is 20.3. The van der Waals surface area contributed by atoms with Gasteiger partial charge in [0.25, 0.3) is 11.8 Å². The first-order valence-corrected chi connectivity index (χ1v) is 10.2. The van der Waals surface area contributed by atoms with Crippen LogP contribution in [-0.4, -0.2) is 62.0 Å². The van der Waals surface area contributed by atoms with Gasteiger partial charge in [0.05, 0.1) is 31.0 Å². The van der Waals surface area contributed by atoms with Gasteiger partial charge in [0.1, 0.15) is 6.17 Å². The fraction of sp³-hybridized carbons (Fsp3) is 0.381. The van der Waals surface area contributed by atoms with E-state index in [0.29, 0.717) is 12.2 Å². The molecule has 2 atom stereocenters. The molecule has 3 aromatic rings. The zero-order valence-corrected chi connectivity index (χ0v) is 16.9. The summed E-state index contributed by atoms with van der Waals surface area (Å²) in [6, 6.07) is 7.35. The summed E-state index contributed by atoms with van der Waals surface area (Å²) >= 11 is 0. The lowest BCUT2D eigenvalue weighted by Crippen LogP contribution is -2.38. The molecule has 0 saturated carbocycles. The van der Waals surface area contributed by atoms with Crippen LogP contribution in [0.5, 0.6) is 0 Å². The molecule has 1 fully saturated rings. The van der Waals surface area contributed by atoms with Crippen molar-refractivity contribution in [3.8, 4) is 0 Å². The summed E-state index contributed by atoms with van der Waals surface area (Å²) in [7, 11) is 0. The maximum Gasteiger partial charge on any atom is 0.291 e. The number of benzene rings is 1. The molecule has 2 aliphatic rings. The number of hydrogen-bond acceptors (Lipinski definition) is 6. The Morgan fingerprint density at radius 1 is 1.26 bits per heavy atom. The van der Waals surface area contributed by atoms with E-state index < -0.39 is 18.1 Å². The van der Waals surface area contributed by atoms with E-state index in [-0.39, 0.29) is 36.9 Å². The molecule has 5 rings (SSSR count). The van der Waals surface area contributed by atoms with E-state index in [1.807, 2.05) is 24.3 Å². The number of para-hydroxylation sites is 1. The average Bonchev–Trinajstić information content (AvgIpc) is 3.54. The molecule has 0 bridgehead atoms. The molecule has 10 heteroatoms. The Morgan fingerprint density at radius 3 is 2.90 bits per heavy atom. The molecule has 1 aromatic carbocycles. The average molecular weight is 424 g/mol. The van der Waals surface area contributed by atoms with Gasteiger partial charge in [0.15, 0.2) is 12.1 Å². The molecule has 160 valence electrons. The van der Waals surface area contributed by atoms with Crippen molar-refractivity contribution in [1.29, 1.82) is 0 Å². The van der Waals surface area contributed by atoms with Crippen LogP contribution in [0.2, 0.25) is 0 Å². The number of hydrogen-bond donors (Lipinski definition) is 0. The third-order valence-corrected chi connectivity index (χ3v) is 5.85. The van der Waals surface area contributed by atoms with Crippen LogP contribution in [0.3, 0.4) is 0 Å². The first-order valence-electron chi connectivity index (χ1n) is 10.2. The first kappa shape index (κ1) is 19.4. The Hall–Kier alpha value is -3.56. The van der Waals surface area contributed by atoms with E-state index in [4.69, 9.17) is 4.42 Å². The number of likely N-dealkylation sites (tertiary alicyclic amines) is 1. The Labute approximate surface area is 177 Å². The number of amides is 2. The second-order valence-electron chi connectivity index (χ2n) is 7.87. The van der Waals surface area contributed by atoms with Crippen LogP contribution >= 0.6 is 0 Å². The van der Waals surface area contributed by atoms with Crippen molar-refractivity contribution in [2.45, 2.75) is 38.5 Å². The summed E-state index contributed by atoms with van der Waals surface area (Å²) in [6.07, 6.45) is 2.60. The number of oxazole rings is 1. The van der Waals surface area contributed by atoms with E-state index in [1.54, 1.807) is 18.0 Å². The number of alkyl halides is 1. The van der Waals surface area contributed by atoms with Crippen LogP contribution < -0.4 is 4.90 Å². The predicted octanol–water partition coefficient (Wildman–Crippen LogP) is 2.03. The van der Waals surface area contributed by atoms with Crippen molar-refractivity contribution >= 4 is 17.5 Å². The second-order valence-corrected chi connectivity index (χ2v) is 7.87. The van der Waals surface area contributed by atoms with E-state index in [9.17, 15) is 14.0 Å². The number of aromatic nitrogens is 4. The SMILES string of the molecule is Cc1ncoc1C(=O)N1CC(F)CC1Cn1cc(C(=O)N2CCc3ccccc32)nn1. The van der Waals surface area contributed by atoms with Gasteiger partial charge in [-0.25, -0.2) is 14.1 Å². The molecule has 0 radical (unpaired) electrons. The molecule has 0 aliphatic carbocycles. The summed E-state index contributed by atoms with van der Waals surface area (Å²) in [4.78, 5) is 32.8. The lowest BCUT2D eigenvalue weighted by molar-refractivity contribution is 0.0681. The molecule has 2 aromatic heterocycles. The molecule has 2 aliphatic heterocycles. The van der Waals surface area contributed by atoms with Gasteiger partial charge >= 0.3 is 0 Å². The quantitative estimate of drug-likeness (QED) is 0.636. The molecule has 0 N–H and O–H groups in total. The molecular weight excluding hydrogens is 403 g/mol. The minimum absolute atomic E-state index is 0.0192. The first-order chi connectivity index (χ1) is 15.0. The summed E-state index contributed by atoms with van der Waals surface area (Å²) in [5, 5.41) is 8.07. The van der Waals surface area contributed by atoms with Crippen LogP contribution in [0.25, 0.3) is 0 Å². The second kappa shape index (κ2) is 7.60. The third kappa shape index (κ3) is 3.47. The van der Waals surface area contributed by atoms with Gasteiger partial charge in [-0.2, -0.15) is 0 Å². The van der Waals surface area contributed by atoms with Gasteiger partial charge in [-0.15, -0.1) is 5.10 Å². The van der Waals surface area contributed by atoms with Gasteiger partial charge < -0.3 is 14.2 Å². The Morgan fingerprint density at radius 2 is 2.10 bits per heavy atom. The van der Waals surface area contributed by atoms with Crippen molar-refractivity contribution < 1.29 is 18.4 Å². The highest BCUT2D eigenvalue weighted by molar-refractivity contribution is 6.05. The molecular formula is C21H21FN6O3. The zero-order chi connectivity index (χ0) is 21.5. The third-order valence-electron chi connectivity index (χ3n) is 5.85. The van der Waals surface area contributed by atoms with Crippen LogP contribution in [0.1, 0.15) is 38.7 Å². The maximum absolute atomic E-state index is 14.2. The highest BCUT2D eigenvalue weighted by atomic mass is 19.1. The lowest BCUT2D eigenvalue weighted by Gasteiger charge is -2.23. The molecule has 0 spiro atoms. The molecule has 2 unspecified atom stereocenters. The maximum atomic E-state index is 14.2. The van der Waals surface area contributed by atoms with Gasteiger partial charge in [-0.3, -0.25) is 9.59 Å². The summed E-state index contributed by atoms with van der Waals surface area (Å²) in [5.41, 5.74) is 2.69. The van der Waals surface area contributed by atoms with Crippen LogP contribution in [0.15, 0.2) is 41.3 Å². The number of nitrogens with zero attached hydrogens (tertiary/aromatic N) is 6. The van der Waals surface area contributed by atoms with Crippen LogP contribution in [-0.2, 0) is 13.0 Å². The van der Waals surface area contributed by atoms with Crippen molar-refractivity contribution in [1.82, 2.24) is 24.9 Å². The summed E-state index contributed by atoms with van der Waals surface area (Å²) in [5.74, 6) is -0.511. The van der Waals surface area contributed by atoms with Crippen molar-refractivity contribution in [3.05, 3.63) is 59.6 Å². The Balaban J connectivity index is 1.31. The van der Waals surface area contributed by atoms with E-state index in [0.717, 1.165) is 17.7 Å². The topological polar surface area (TPSA) is 97.4 Å². The summed E-state index contributed by atoms with van der Waals surface area (Å²) < 4.78 is 20.8. The molecule has 2 amide bonds. The smallest absolute Gasteiger partial charge is 0.291 e. The van der Waals surface area contributed by atoms with Gasteiger partial charge in [0.2, 0.25) is 5.76 Å². The van der Waals surface area contributed by atoms with Crippen molar-refractivity contribution in [2.75, 3.05) is 18.0 Å². The lowest BCUT2D eigenvalue weighted by atomic mass is 10.2. The minimum atomic E-state index is -1.14. The van der Waals surface area contributed by atoms with Crippen molar-refractivity contribution in [2.24, 2.45) is 0 Å². The minimum Gasteiger partial charge on any atom is -0.438 e. The summed E-state index contributed by atoms with van der Waals surface area (Å²) in [6.45, 7) is 2.47. The number of aryl methyl sites for hydroxylation is 1. The molecule has 4 heterocycles. The number of fused-ring (bicyclic) bond motifs is 1. The van der Waals surface area contributed by atoms with Crippen LogP contribution in [0, 0.1) is 6.92 Å². The van der Waals surface area contributed by atoms with E-state index >= 15 is 0 Å². The molecule has 1 saturated heterocycles. The highest BCUT2D eigenvalue weighted by Gasteiger charge is 2.38. The van der Waals surface area contributed by atoms with Gasteiger partial charge in [0, 0.05) is 18.7 Å². The monoisotopic (exact) mass is 424 g/mol. The Bertz CT molecular complexity index is 1140. The van der Waals surface area contributed by atoms with E-state index in [2.05, 4.69) is 15.3 Å². The fourth-order valence-corrected chi connectivity index (χ4v) is 4.31. The molecule has 9 nitrogen and oxygen atoms in total. The van der Waals surface area contributed by atoms with Gasteiger partial charge in [-0.1, -0.05) is 23.4 Å². The van der Waals surface area contributed by atoms with E-state index in [1.165, 1.54) is 16.0 Å². The van der Waals surface area contributed by atoms with Crippen LogP contribution in [0.4, 0.5) is 10.1 Å². The number of anilines is 1. The number of carbonyl (C=O) groups excluding carboxylic acids is 2. The fourth-order valence-electron chi connectivity index (χ4n) is 4.31. The zero-order valence-electron chi connectivity index (χ0n) is 16.9. The van der Waals surface area contributed by atoms with Crippen molar-refractivity contribution in [3.63, 3.8) is 0 Å². The van der Waals surface area contributed by atoms with Gasteiger partial charge in [-0.05, 0) is 25.0 Å².